The van der Waals surface area contributed by atoms with E-state index in [-0.39, 0.29) is 79.1 Å². The van der Waals surface area contributed by atoms with Gasteiger partial charge in [0.2, 0.25) is 0 Å². The van der Waals surface area contributed by atoms with Crippen LogP contribution in [0.1, 0.15) is 0 Å². The van der Waals surface area contributed by atoms with E-state index >= 15 is 0 Å². The van der Waals surface area contributed by atoms with Crippen LogP contribution in [-0.2, 0) is 79.1 Å². The predicted molar refractivity (Wildman–Crippen MR) is 0.686 cm³/mol. The first-order valence-electron chi connectivity index (χ1n) is 0. The van der Waals surface area contributed by atoms with E-state index in [9.17, 15) is 0 Å². The molecule has 0 saturated carbocycles. The minimum absolute atomic E-state index is 0. The van der Waals surface area contributed by atoms with Crippen LogP contribution in [0.3, 0.4) is 0 Å². The third-order valence-corrected chi connectivity index (χ3v) is 0. The van der Waals surface area contributed by atoms with Crippen molar-refractivity contribution in [3.8, 4) is 0 Å². The molecule has 0 atom stereocenters. The molecule has 5 heteroatoms. The molecule has 31 valence electrons. The predicted octanol–water partition coefficient (Wildman–Crippen LogP) is -0.129. The normalized spacial score (nSPS) is 0. The Morgan fingerprint density at radius 2 is 0.600 bits per heavy atom. The van der Waals surface area contributed by atoms with Crippen LogP contribution >= 0.6 is 0 Å². The summed E-state index contributed by atoms with van der Waals surface area (Å²) in [6.45, 7) is 0. The molecule has 5 heavy (non-hydrogen) atoms. The molecule has 0 amide bonds. The van der Waals surface area contributed by atoms with Gasteiger partial charge in [0, 0.05) is 0 Å². The third-order valence-electron chi connectivity index (χ3n) is 0. The van der Waals surface area contributed by atoms with E-state index in [2.05, 4.69) is 0 Å². The van der Waals surface area contributed by atoms with Crippen LogP contribution in [0.25, 0.3) is 0 Å². The van der Waals surface area contributed by atoms with Crippen molar-refractivity contribution in [3.63, 3.8) is 0 Å². The zero-order valence-corrected chi connectivity index (χ0v) is 7.55. The van der Waals surface area contributed by atoms with Gasteiger partial charge in [-0.05, 0) is 0 Å². The first kappa shape index (κ1) is 55.7. The molecule has 3 radical (unpaired) electrons. The van der Waals surface area contributed by atoms with Gasteiger partial charge in [-0.1, -0.05) is 0 Å². The molecule has 0 aromatic carbocycles. The number of hydrogen-bond acceptors (Lipinski definition) is 0. The van der Waals surface area contributed by atoms with E-state index in [1.165, 1.54) is 0 Å². The summed E-state index contributed by atoms with van der Waals surface area (Å²) in [5.41, 5.74) is 0. The Bertz CT molecular complexity index is 6.85. The van der Waals surface area contributed by atoms with Crippen molar-refractivity contribution in [1.29, 1.82) is 0 Å². The van der Waals surface area contributed by atoms with Crippen LogP contribution in [0.4, 0.5) is 0 Å². The van der Waals surface area contributed by atoms with Crippen LogP contribution < -0.4 is 0 Å². The first-order chi connectivity index (χ1) is 0. The van der Waals surface area contributed by atoms with Crippen LogP contribution in [0.15, 0.2) is 0 Å². The molecule has 0 aliphatic carbocycles. The van der Waals surface area contributed by atoms with Crippen LogP contribution in [0.5, 0.6) is 0 Å². The van der Waals surface area contributed by atoms with Crippen LogP contribution in [0.2, 0.25) is 0 Å². The molecular weight excluding hydrogens is 378 g/mol. The van der Waals surface area contributed by atoms with Gasteiger partial charge in [-0.25, -0.2) is 0 Å². The van der Waals surface area contributed by atoms with Gasteiger partial charge in [0.15, 0.2) is 0 Å². The fourth-order valence-electron chi connectivity index (χ4n) is 0. The van der Waals surface area contributed by atoms with E-state index in [1.54, 1.807) is 0 Å². The molecular formula is AuMn3O+7. The Hall–Kier alpha value is 2.26. The number of hydrogen-bond donors (Lipinski definition) is 0. The zero-order valence-electron chi connectivity index (χ0n) is 1.84. The summed E-state index contributed by atoms with van der Waals surface area (Å²) in [5.74, 6) is 0. The smallest absolute Gasteiger partial charge is 2.00 e. The molecule has 0 unspecified atom stereocenters. The summed E-state index contributed by atoms with van der Waals surface area (Å²) in [6.07, 6.45) is 0. The second-order valence-corrected chi connectivity index (χ2v) is 0. The van der Waals surface area contributed by atoms with E-state index in [1.807, 2.05) is 0 Å². The van der Waals surface area contributed by atoms with E-state index < -0.39 is 0 Å². The molecule has 0 rings (SSSR count). The molecule has 0 aliphatic heterocycles. The summed E-state index contributed by atoms with van der Waals surface area (Å²) in [4.78, 5) is 0. The number of rotatable bonds is 0. The molecule has 0 aromatic heterocycles. The Morgan fingerprint density at radius 1 is 0.600 bits per heavy atom. The first-order valence-corrected chi connectivity index (χ1v) is 0. The maximum Gasteiger partial charge on any atom is 3.00 e. The molecule has 0 bridgehead atoms. The Morgan fingerprint density at radius 3 is 0.600 bits per heavy atom. The topological polar surface area (TPSA) is 28.5 Å². The summed E-state index contributed by atoms with van der Waals surface area (Å²) in [7, 11) is 0. The van der Waals surface area contributed by atoms with Gasteiger partial charge < -0.3 is 5.48 Å². The van der Waals surface area contributed by atoms with Crippen molar-refractivity contribution in [2.45, 2.75) is 0 Å². The van der Waals surface area contributed by atoms with Gasteiger partial charge in [0.25, 0.3) is 0 Å². The standard InChI is InChI=1S/Au.3Mn.O/q+3;3*+2;-2. The van der Waals surface area contributed by atoms with Crippen molar-refractivity contribution < 1.29 is 79.1 Å². The molecule has 1 nitrogen and oxygen atoms in total. The van der Waals surface area contributed by atoms with E-state index in [0.717, 1.165) is 0 Å². The molecule has 0 N–H and O–H groups in total. The summed E-state index contributed by atoms with van der Waals surface area (Å²) in [5, 5.41) is 0. The van der Waals surface area contributed by atoms with Gasteiger partial charge in [0.1, 0.15) is 0 Å². The second-order valence-electron chi connectivity index (χ2n) is 0. The second kappa shape index (κ2) is 33.9. The van der Waals surface area contributed by atoms with Crippen molar-refractivity contribution in [1.82, 2.24) is 0 Å². The third kappa shape index (κ3) is 22.2. The fraction of sp³-hybridized carbons (Fsp3) is 0. The molecule has 0 aromatic rings. The average Bonchev–Trinajstić information content (AvgIpc) is 0. The maximum atomic E-state index is 0. The molecule has 0 fully saturated rings. The van der Waals surface area contributed by atoms with E-state index in [4.69, 9.17) is 0 Å². The Kier molecular flexibility index (Phi) is 378. The largest absolute Gasteiger partial charge is 3.00 e. The molecule has 0 heterocycles. The molecule has 0 aliphatic rings. The molecule has 0 spiro atoms. The van der Waals surface area contributed by atoms with E-state index in [0.29, 0.717) is 0 Å². The van der Waals surface area contributed by atoms with Gasteiger partial charge >= 0.3 is 73.6 Å². The van der Waals surface area contributed by atoms with Gasteiger partial charge in [-0.3, -0.25) is 0 Å². The SMILES string of the molecule is [Au+3].[Mn+2].[Mn+2].[Mn+2].[O-2]. The van der Waals surface area contributed by atoms with Gasteiger partial charge in [-0.2, -0.15) is 0 Å². The minimum Gasteiger partial charge on any atom is -2.00 e. The zero-order chi connectivity index (χ0) is 0. The van der Waals surface area contributed by atoms with Gasteiger partial charge in [-0.15, -0.1) is 0 Å². The maximum absolute atomic E-state index is 0. The Labute approximate surface area is 78.3 Å². The van der Waals surface area contributed by atoms with Crippen molar-refractivity contribution >= 4 is 0 Å². The van der Waals surface area contributed by atoms with Crippen molar-refractivity contribution in [3.05, 3.63) is 0 Å². The fourth-order valence-corrected chi connectivity index (χ4v) is 0. The monoisotopic (exact) mass is 378 g/mol. The molecule has 0 saturated heterocycles. The summed E-state index contributed by atoms with van der Waals surface area (Å²) < 4.78 is 0. The van der Waals surface area contributed by atoms with Crippen molar-refractivity contribution in [2.24, 2.45) is 0 Å². The average molecular weight is 378 g/mol. The summed E-state index contributed by atoms with van der Waals surface area (Å²) in [6, 6.07) is 0. The Balaban J connectivity index is 0. The van der Waals surface area contributed by atoms with Gasteiger partial charge in [0.05, 0.1) is 0 Å². The quantitative estimate of drug-likeness (QED) is 0.526. The summed E-state index contributed by atoms with van der Waals surface area (Å²) >= 11 is 0. The van der Waals surface area contributed by atoms with Crippen LogP contribution in [0, 0.1) is 0 Å². The van der Waals surface area contributed by atoms with Crippen molar-refractivity contribution in [2.75, 3.05) is 0 Å². The van der Waals surface area contributed by atoms with Crippen LogP contribution in [-0.4, -0.2) is 0 Å². The minimum atomic E-state index is 0.